The van der Waals surface area contributed by atoms with Crippen LogP contribution in [-0.4, -0.2) is 45.5 Å². The van der Waals surface area contributed by atoms with Crippen molar-refractivity contribution in [1.29, 1.82) is 0 Å². The second kappa shape index (κ2) is 7.65. The molecule has 0 bridgehead atoms. The highest BCUT2D eigenvalue weighted by molar-refractivity contribution is 6.08. The van der Waals surface area contributed by atoms with Crippen LogP contribution in [0.25, 0.3) is 0 Å². The van der Waals surface area contributed by atoms with Crippen LogP contribution in [0.1, 0.15) is 29.5 Å². The van der Waals surface area contributed by atoms with Gasteiger partial charge < -0.3 is 10.2 Å². The van der Waals surface area contributed by atoms with Crippen LogP contribution in [0.4, 0.5) is 0 Å². The van der Waals surface area contributed by atoms with Crippen molar-refractivity contribution in [1.82, 2.24) is 10.2 Å². The van der Waals surface area contributed by atoms with Gasteiger partial charge in [0.2, 0.25) is 0 Å². The average molecular weight is 296 g/mol. The molecule has 2 saturated heterocycles. The van der Waals surface area contributed by atoms with Gasteiger partial charge in [-0.2, -0.15) is 0 Å². The van der Waals surface area contributed by atoms with Gasteiger partial charge in [-0.3, -0.25) is 0 Å². The van der Waals surface area contributed by atoms with E-state index >= 15 is 0 Å². The van der Waals surface area contributed by atoms with Gasteiger partial charge in [0.05, 0.1) is 7.85 Å². The molecule has 2 heterocycles. The Morgan fingerprint density at radius 3 is 2.82 bits per heavy atom. The minimum atomic E-state index is 0.742. The van der Waals surface area contributed by atoms with Crippen LogP contribution in [0.2, 0.25) is 6.32 Å². The molecule has 1 aromatic carbocycles. The molecule has 118 valence electrons. The number of rotatable bonds is 6. The summed E-state index contributed by atoms with van der Waals surface area (Å²) < 4.78 is 0. The summed E-state index contributed by atoms with van der Waals surface area (Å²) in [7, 11) is 5.64. The summed E-state index contributed by atoms with van der Waals surface area (Å²) in [5, 5.41) is 3.53. The summed E-state index contributed by atoms with van der Waals surface area (Å²) in [6.45, 7) is 8.58. The molecule has 1 N–H and O–H groups in total. The molecule has 1 unspecified atom stereocenters. The lowest BCUT2D eigenvalue weighted by Crippen LogP contribution is -2.51. The van der Waals surface area contributed by atoms with E-state index in [-0.39, 0.29) is 0 Å². The molecule has 1 atom stereocenters. The number of nitrogens with one attached hydrogen (secondary N) is 1. The molecule has 0 aliphatic carbocycles. The van der Waals surface area contributed by atoms with Crippen molar-refractivity contribution in [2.45, 2.75) is 38.9 Å². The summed E-state index contributed by atoms with van der Waals surface area (Å²) in [6, 6.07) is 6.92. The predicted molar refractivity (Wildman–Crippen MR) is 94.7 cm³/mol. The summed E-state index contributed by atoms with van der Waals surface area (Å²) in [4.78, 5) is 2.65. The smallest absolute Gasteiger partial charge is 0.0657 e. The van der Waals surface area contributed by atoms with Crippen molar-refractivity contribution in [2.24, 2.45) is 11.8 Å². The SMILES string of the molecule is [B]CCc1ccc(CC2CN(CC3CCCNC3)C2)c(C)c1. The number of benzene rings is 1. The molecule has 1 aromatic rings. The summed E-state index contributed by atoms with van der Waals surface area (Å²) in [5.74, 6) is 1.74. The maximum Gasteiger partial charge on any atom is 0.0657 e. The molecule has 3 rings (SSSR count). The molecule has 2 fully saturated rings. The summed E-state index contributed by atoms with van der Waals surface area (Å²) >= 11 is 0. The zero-order chi connectivity index (χ0) is 15.4. The highest BCUT2D eigenvalue weighted by Crippen LogP contribution is 2.25. The first-order valence-electron chi connectivity index (χ1n) is 8.96. The van der Waals surface area contributed by atoms with Crippen LogP contribution >= 0.6 is 0 Å². The maximum atomic E-state index is 5.64. The minimum absolute atomic E-state index is 0.742. The first-order chi connectivity index (χ1) is 10.7. The quantitative estimate of drug-likeness (QED) is 0.812. The Morgan fingerprint density at radius 1 is 1.27 bits per heavy atom. The topological polar surface area (TPSA) is 15.3 Å². The van der Waals surface area contributed by atoms with E-state index < -0.39 is 0 Å². The molecule has 2 nitrogen and oxygen atoms in total. The van der Waals surface area contributed by atoms with Crippen molar-refractivity contribution < 1.29 is 0 Å². The Balaban J connectivity index is 1.43. The molecule has 0 spiro atoms. The third-order valence-electron chi connectivity index (χ3n) is 5.30. The number of hydrogen-bond acceptors (Lipinski definition) is 2. The monoisotopic (exact) mass is 296 g/mol. The lowest BCUT2D eigenvalue weighted by atomic mass is 9.87. The van der Waals surface area contributed by atoms with Crippen LogP contribution in [0, 0.1) is 18.8 Å². The van der Waals surface area contributed by atoms with Gasteiger partial charge in [-0.1, -0.05) is 24.5 Å². The molecule has 3 heteroatoms. The Hall–Kier alpha value is -0.795. The van der Waals surface area contributed by atoms with Gasteiger partial charge in [-0.25, -0.2) is 0 Å². The van der Waals surface area contributed by atoms with Crippen LogP contribution in [-0.2, 0) is 12.8 Å². The number of aryl methyl sites for hydroxylation is 2. The number of likely N-dealkylation sites (tertiary alicyclic amines) is 1. The van der Waals surface area contributed by atoms with Gasteiger partial charge >= 0.3 is 0 Å². The van der Waals surface area contributed by atoms with Crippen molar-refractivity contribution in [3.63, 3.8) is 0 Å². The van der Waals surface area contributed by atoms with Gasteiger partial charge in [0.1, 0.15) is 0 Å². The van der Waals surface area contributed by atoms with Crippen LogP contribution in [0.3, 0.4) is 0 Å². The molecule has 2 aliphatic rings. The molecular formula is C19H29BN2. The maximum absolute atomic E-state index is 5.64. The van der Waals surface area contributed by atoms with E-state index in [2.05, 4.69) is 35.3 Å². The highest BCUT2D eigenvalue weighted by Gasteiger charge is 2.29. The van der Waals surface area contributed by atoms with Gasteiger partial charge in [-0.15, -0.1) is 0 Å². The average Bonchev–Trinajstić information content (AvgIpc) is 2.48. The molecule has 22 heavy (non-hydrogen) atoms. The van der Waals surface area contributed by atoms with Crippen molar-refractivity contribution in [3.05, 3.63) is 34.9 Å². The Kier molecular flexibility index (Phi) is 5.59. The Labute approximate surface area is 137 Å². The highest BCUT2D eigenvalue weighted by atomic mass is 15.2. The van der Waals surface area contributed by atoms with Crippen molar-refractivity contribution in [3.8, 4) is 0 Å². The van der Waals surface area contributed by atoms with Crippen LogP contribution in [0.15, 0.2) is 18.2 Å². The Morgan fingerprint density at radius 2 is 2.14 bits per heavy atom. The van der Waals surface area contributed by atoms with E-state index in [4.69, 9.17) is 7.85 Å². The fourth-order valence-electron chi connectivity index (χ4n) is 4.02. The van der Waals surface area contributed by atoms with Crippen LogP contribution < -0.4 is 5.32 Å². The second-order valence-electron chi connectivity index (χ2n) is 7.30. The van der Waals surface area contributed by atoms with E-state index in [0.717, 1.165) is 24.6 Å². The zero-order valence-corrected chi connectivity index (χ0v) is 14.0. The van der Waals surface area contributed by atoms with E-state index in [9.17, 15) is 0 Å². The van der Waals surface area contributed by atoms with Crippen molar-refractivity contribution >= 4 is 7.85 Å². The fourth-order valence-corrected chi connectivity index (χ4v) is 4.02. The fraction of sp³-hybridized carbons (Fsp3) is 0.684. The normalized spacial score (nSPS) is 23.4. The third-order valence-corrected chi connectivity index (χ3v) is 5.30. The second-order valence-corrected chi connectivity index (χ2v) is 7.30. The van der Waals surface area contributed by atoms with E-state index in [1.165, 1.54) is 68.7 Å². The minimum Gasteiger partial charge on any atom is -0.316 e. The van der Waals surface area contributed by atoms with Gasteiger partial charge in [0.15, 0.2) is 0 Å². The van der Waals surface area contributed by atoms with Gasteiger partial charge in [-0.05, 0) is 74.2 Å². The first-order valence-corrected chi connectivity index (χ1v) is 8.96. The lowest BCUT2D eigenvalue weighted by Gasteiger charge is -2.42. The summed E-state index contributed by atoms with van der Waals surface area (Å²) in [5.41, 5.74) is 4.36. The Bertz CT molecular complexity index is 476. The van der Waals surface area contributed by atoms with Gasteiger partial charge in [0.25, 0.3) is 0 Å². The zero-order valence-electron chi connectivity index (χ0n) is 14.0. The molecular weight excluding hydrogens is 267 g/mol. The molecule has 2 aliphatic heterocycles. The predicted octanol–water partition coefficient (Wildman–Crippen LogP) is 2.60. The van der Waals surface area contributed by atoms with Crippen LogP contribution in [0.5, 0.6) is 0 Å². The number of hydrogen-bond donors (Lipinski definition) is 1. The van der Waals surface area contributed by atoms with E-state index in [1.54, 1.807) is 0 Å². The molecule has 0 saturated carbocycles. The van der Waals surface area contributed by atoms with E-state index in [1.807, 2.05) is 0 Å². The first kappa shape index (κ1) is 16.1. The number of piperidine rings is 1. The third kappa shape index (κ3) is 4.14. The summed E-state index contributed by atoms with van der Waals surface area (Å²) in [6.07, 6.45) is 5.75. The molecule has 2 radical (unpaired) electrons. The lowest BCUT2D eigenvalue weighted by molar-refractivity contribution is 0.0760. The van der Waals surface area contributed by atoms with Gasteiger partial charge in [0, 0.05) is 19.6 Å². The molecule has 0 amide bonds. The van der Waals surface area contributed by atoms with E-state index in [0.29, 0.717) is 0 Å². The number of nitrogens with zero attached hydrogens (tertiary/aromatic N) is 1. The largest absolute Gasteiger partial charge is 0.316 e. The molecule has 0 aromatic heterocycles. The van der Waals surface area contributed by atoms with Crippen molar-refractivity contribution in [2.75, 3.05) is 32.7 Å². The standard InChI is InChI=1S/C19H29BN2/c1-15-9-16(6-7-20)4-5-19(15)10-18-13-22(14-18)12-17-3-2-8-21-11-17/h4-5,9,17-18,21H,2-3,6-8,10-14H2,1H3.